The van der Waals surface area contributed by atoms with Crippen LogP contribution in [0.25, 0.3) is 0 Å². The van der Waals surface area contributed by atoms with Gasteiger partial charge in [0.15, 0.2) is 0 Å². The summed E-state index contributed by atoms with van der Waals surface area (Å²) in [6.45, 7) is 2.91. The van der Waals surface area contributed by atoms with Crippen molar-refractivity contribution in [2.24, 2.45) is 0 Å². The van der Waals surface area contributed by atoms with Gasteiger partial charge in [-0.05, 0) is 18.6 Å². The lowest BCUT2D eigenvalue weighted by Gasteiger charge is -2.08. The summed E-state index contributed by atoms with van der Waals surface area (Å²) in [6, 6.07) is 7.68. The highest BCUT2D eigenvalue weighted by atomic mass is 16.1. The summed E-state index contributed by atoms with van der Waals surface area (Å²) in [7, 11) is 0. The van der Waals surface area contributed by atoms with Crippen LogP contribution in [0.5, 0.6) is 0 Å². The van der Waals surface area contributed by atoms with E-state index in [1.807, 2.05) is 31.2 Å². The number of carbonyl (C=O) groups is 1. The third kappa shape index (κ3) is 4.16. The van der Waals surface area contributed by atoms with Gasteiger partial charge in [0, 0.05) is 18.7 Å². The molecule has 0 aliphatic heterocycles. The zero-order valence-electron chi connectivity index (χ0n) is 9.42. The highest BCUT2D eigenvalue weighted by Gasteiger charge is 2.02. The maximum Gasteiger partial charge on any atom is 0.238 e. The smallest absolute Gasteiger partial charge is 0.238 e. The fraction of sp³-hybridized carbons (Fsp3) is 0.308. The van der Waals surface area contributed by atoms with Crippen molar-refractivity contribution in [2.45, 2.75) is 13.3 Å². The van der Waals surface area contributed by atoms with E-state index in [-0.39, 0.29) is 12.5 Å². The number of anilines is 1. The molecule has 3 nitrogen and oxygen atoms in total. The second kappa shape index (κ2) is 6.65. The molecule has 84 valence electrons. The molecule has 1 aromatic rings. The molecule has 2 N–H and O–H groups in total. The van der Waals surface area contributed by atoms with Crippen molar-refractivity contribution in [3.8, 4) is 12.3 Å². The molecule has 0 saturated carbocycles. The van der Waals surface area contributed by atoms with Gasteiger partial charge >= 0.3 is 0 Å². The van der Waals surface area contributed by atoms with Crippen LogP contribution in [0.3, 0.4) is 0 Å². The van der Waals surface area contributed by atoms with Gasteiger partial charge in [0.25, 0.3) is 0 Å². The van der Waals surface area contributed by atoms with Crippen LogP contribution < -0.4 is 10.6 Å². The molecule has 1 rings (SSSR count). The van der Waals surface area contributed by atoms with Gasteiger partial charge in [0.2, 0.25) is 5.91 Å². The van der Waals surface area contributed by atoms with Gasteiger partial charge in [0.1, 0.15) is 0 Å². The van der Waals surface area contributed by atoms with Crippen molar-refractivity contribution in [1.82, 2.24) is 5.32 Å². The number of hydrogen-bond acceptors (Lipinski definition) is 2. The van der Waals surface area contributed by atoms with Gasteiger partial charge in [-0.2, -0.15) is 0 Å². The lowest BCUT2D eigenvalue weighted by molar-refractivity contribution is -0.115. The number of aryl methyl sites for hydroxylation is 1. The van der Waals surface area contributed by atoms with Gasteiger partial charge in [-0.15, -0.1) is 12.3 Å². The van der Waals surface area contributed by atoms with Gasteiger partial charge < -0.3 is 10.6 Å². The molecule has 1 amide bonds. The average molecular weight is 216 g/mol. The second-order valence-electron chi connectivity index (χ2n) is 3.49. The lowest BCUT2D eigenvalue weighted by atomic mass is 10.2. The molecule has 0 radical (unpaired) electrons. The number of para-hydroxylation sites is 1. The molecule has 0 heterocycles. The number of hydrogen-bond donors (Lipinski definition) is 2. The maximum absolute atomic E-state index is 11.5. The first-order chi connectivity index (χ1) is 7.74. The number of benzene rings is 1. The number of carbonyl (C=O) groups excluding carboxylic acids is 1. The van der Waals surface area contributed by atoms with E-state index in [0.717, 1.165) is 11.3 Å². The minimum atomic E-state index is -0.0497. The highest BCUT2D eigenvalue weighted by Crippen LogP contribution is 2.12. The zero-order chi connectivity index (χ0) is 11.8. The summed E-state index contributed by atoms with van der Waals surface area (Å²) < 4.78 is 0. The fourth-order valence-corrected chi connectivity index (χ4v) is 1.27. The first kappa shape index (κ1) is 12.3. The van der Waals surface area contributed by atoms with Crippen molar-refractivity contribution in [2.75, 3.05) is 18.4 Å². The summed E-state index contributed by atoms with van der Waals surface area (Å²) in [5, 5.41) is 5.81. The Morgan fingerprint density at radius 3 is 2.88 bits per heavy atom. The Bertz CT molecular complexity index is 393. The molecule has 0 fully saturated rings. The number of terminal acetylenes is 1. The Morgan fingerprint density at radius 2 is 2.19 bits per heavy atom. The van der Waals surface area contributed by atoms with E-state index >= 15 is 0 Å². The van der Waals surface area contributed by atoms with Crippen molar-refractivity contribution < 1.29 is 4.79 Å². The van der Waals surface area contributed by atoms with Crippen LogP contribution in [0.1, 0.15) is 12.0 Å². The first-order valence-electron chi connectivity index (χ1n) is 5.23. The van der Waals surface area contributed by atoms with Gasteiger partial charge in [0.05, 0.1) is 6.54 Å². The number of rotatable bonds is 5. The van der Waals surface area contributed by atoms with E-state index in [9.17, 15) is 4.79 Å². The van der Waals surface area contributed by atoms with Gasteiger partial charge in [-0.1, -0.05) is 18.2 Å². The average Bonchev–Trinajstić information content (AvgIpc) is 2.28. The molecule has 0 bridgehead atoms. The molecule has 0 aromatic heterocycles. The van der Waals surface area contributed by atoms with Crippen molar-refractivity contribution in [3.05, 3.63) is 29.8 Å². The van der Waals surface area contributed by atoms with Crippen LogP contribution in [-0.2, 0) is 4.79 Å². The molecule has 0 atom stereocenters. The lowest BCUT2D eigenvalue weighted by Crippen LogP contribution is -2.28. The quantitative estimate of drug-likeness (QED) is 0.579. The van der Waals surface area contributed by atoms with Crippen LogP contribution in [-0.4, -0.2) is 19.0 Å². The van der Waals surface area contributed by atoms with Crippen LogP contribution in [0.4, 0.5) is 5.69 Å². The highest BCUT2D eigenvalue weighted by molar-refractivity contribution is 5.92. The molecule has 0 spiro atoms. The molecule has 3 heteroatoms. The molecule has 1 aromatic carbocycles. The zero-order valence-corrected chi connectivity index (χ0v) is 9.42. The fourth-order valence-electron chi connectivity index (χ4n) is 1.27. The van der Waals surface area contributed by atoms with Crippen LogP contribution in [0.2, 0.25) is 0 Å². The number of nitrogens with one attached hydrogen (secondary N) is 2. The molecule has 0 unspecified atom stereocenters. The van der Waals surface area contributed by atoms with Gasteiger partial charge in [-0.25, -0.2) is 0 Å². The SMILES string of the molecule is C#CCCNCC(=O)Nc1ccccc1C. The van der Waals surface area contributed by atoms with E-state index in [1.54, 1.807) is 0 Å². The summed E-state index contributed by atoms with van der Waals surface area (Å²) in [4.78, 5) is 11.5. The standard InChI is InChI=1S/C13H16N2O/c1-3-4-9-14-10-13(16)15-12-8-6-5-7-11(12)2/h1,5-8,14H,4,9-10H2,2H3,(H,15,16). The largest absolute Gasteiger partial charge is 0.325 e. The topological polar surface area (TPSA) is 41.1 Å². The molecule has 0 saturated heterocycles. The van der Waals surface area contributed by atoms with Crippen molar-refractivity contribution in [1.29, 1.82) is 0 Å². The normalized spacial score (nSPS) is 9.50. The molecule has 0 aliphatic rings. The third-order valence-corrected chi connectivity index (χ3v) is 2.15. The summed E-state index contributed by atoms with van der Waals surface area (Å²) in [5.74, 6) is 2.46. The molecular weight excluding hydrogens is 200 g/mol. The predicted molar refractivity (Wildman–Crippen MR) is 66.1 cm³/mol. The van der Waals surface area contributed by atoms with E-state index in [0.29, 0.717) is 13.0 Å². The third-order valence-electron chi connectivity index (χ3n) is 2.15. The first-order valence-corrected chi connectivity index (χ1v) is 5.23. The van der Waals surface area contributed by atoms with Gasteiger partial charge in [-0.3, -0.25) is 4.79 Å². The summed E-state index contributed by atoms with van der Waals surface area (Å²) in [6.07, 6.45) is 5.73. The van der Waals surface area contributed by atoms with E-state index in [4.69, 9.17) is 6.42 Å². The second-order valence-corrected chi connectivity index (χ2v) is 3.49. The Labute approximate surface area is 96.2 Å². The minimum absolute atomic E-state index is 0.0497. The number of amides is 1. The van der Waals surface area contributed by atoms with Crippen molar-refractivity contribution in [3.63, 3.8) is 0 Å². The van der Waals surface area contributed by atoms with Crippen molar-refractivity contribution >= 4 is 11.6 Å². The Kier molecular flexibility index (Phi) is 5.10. The van der Waals surface area contributed by atoms with E-state index in [1.165, 1.54) is 0 Å². The van der Waals surface area contributed by atoms with Crippen LogP contribution in [0.15, 0.2) is 24.3 Å². The molecule has 16 heavy (non-hydrogen) atoms. The summed E-state index contributed by atoms with van der Waals surface area (Å²) in [5.41, 5.74) is 1.91. The van der Waals surface area contributed by atoms with E-state index in [2.05, 4.69) is 16.6 Å². The van der Waals surface area contributed by atoms with Crippen LogP contribution >= 0.6 is 0 Å². The Morgan fingerprint density at radius 1 is 1.44 bits per heavy atom. The predicted octanol–water partition coefficient (Wildman–Crippen LogP) is 1.55. The monoisotopic (exact) mass is 216 g/mol. The molecular formula is C13H16N2O. The Hall–Kier alpha value is -1.79. The van der Waals surface area contributed by atoms with E-state index < -0.39 is 0 Å². The minimum Gasteiger partial charge on any atom is -0.325 e. The maximum atomic E-state index is 11.5. The summed E-state index contributed by atoms with van der Waals surface area (Å²) >= 11 is 0. The van der Waals surface area contributed by atoms with Crippen LogP contribution in [0, 0.1) is 19.3 Å². The molecule has 0 aliphatic carbocycles. The Balaban J connectivity index is 2.35.